The molecule has 0 unspecified atom stereocenters. The Morgan fingerprint density at radius 3 is 3.12 bits per heavy atom. The second kappa shape index (κ2) is 2.49. The minimum atomic E-state index is 0.684. The fourth-order valence-corrected chi connectivity index (χ4v) is 1.06. The van der Waals surface area contributed by atoms with Crippen molar-refractivity contribution in [2.75, 3.05) is 0 Å². The lowest BCUT2D eigenvalue weighted by Crippen LogP contribution is -2.28. The maximum Gasteiger partial charge on any atom is 0.225 e. The highest BCUT2D eigenvalue weighted by molar-refractivity contribution is 7.07. The van der Waals surface area contributed by atoms with Crippen LogP contribution in [0.2, 0.25) is 0 Å². The summed E-state index contributed by atoms with van der Waals surface area (Å²) in [5, 5.41) is 2.00. The lowest BCUT2D eigenvalue weighted by Gasteiger charge is -1.75. The summed E-state index contributed by atoms with van der Waals surface area (Å²) in [5.41, 5.74) is 1.99. The van der Waals surface area contributed by atoms with Gasteiger partial charge in [-0.1, -0.05) is 11.3 Å². The monoisotopic (exact) mass is 124 g/mol. The first-order chi connectivity index (χ1) is 3.93. The van der Waals surface area contributed by atoms with E-state index in [2.05, 4.69) is 5.92 Å². The van der Waals surface area contributed by atoms with Crippen molar-refractivity contribution in [1.29, 1.82) is 0 Å². The van der Waals surface area contributed by atoms with E-state index in [0.717, 1.165) is 0 Å². The number of thiazole rings is 1. The van der Waals surface area contributed by atoms with Crippen LogP contribution in [0, 0.1) is 12.3 Å². The number of terminal acetylenes is 1. The van der Waals surface area contributed by atoms with E-state index in [1.54, 1.807) is 11.3 Å². The second-order valence-corrected chi connectivity index (χ2v) is 2.16. The van der Waals surface area contributed by atoms with E-state index in [1.165, 1.54) is 0 Å². The van der Waals surface area contributed by atoms with E-state index < -0.39 is 0 Å². The molecule has 0 aromatic carbocycles. The molecule has 0 atom stereocenters. The number of hydrogen-bond donors (Lipinski definition) is 0. The van der Waals surface area contributed by atoms with Gasteiger partial charge in [0.25, 0.3) is 0 Å². The van der Waals surface area contributed by atoms with E-state index in [-0.39, 0.29) is 0 Å². The molecule has 0 saturated carbocycles. The fourth-order valence-electron chi connectivity index (χ4n) is 0.457. The lowest BCUT2D eigenvalue weighted by molar-refractivity contribution is -0.679. The molecule has 2 heteroatoms. The van der Waals surface area contributed by atoms with Crippen LogP contribution in [-0.2, 0) is 6.54 Å². The lowest BCUT2D eigenvalue weighted by atomic mass is 10.6. The van der Waals surface area contributed by atoms with Crippen molar-refractivity contribution in [2.45, 2.75) is 6.54 Å². The van der Waals surface area contributed by atoms with E-state index in [4.69, 9.17) is 6.42 Å². The van der Waals surface area contributed by atoms with Gasteiger partial charge in [-0.25, -0.2) is 0 Å². The Kier molecular flexibility index (Phi) is 1.66. The van der Waals surface area contributed by atoms with Crippen LogP contribution in [0.3, 0.4) is 0 Å². The molecule has 0 bridgehead atoms. The zero-order chi connectivity index (χ0) is 5.82. The molecule has 0 aliphatic heterocycles. The summed E-state index contributed by atoms with van der Waals surface area (Å²) in [6.07, 6.45) is 7.02. The summed E-state index contributed by atoms with van der Waals surface area (Å²) in [6, 6.07) is 0. The van der Waals surface area contributed by atoms with Gasteiger partial charge < -0.3 is 0 Å². The molecule has 0 aliphatic rings. The Balaban J connectivity index is 2.67. The van der Waals surface area contributed by atoms with E-state index in [0.29, 0.717) is 6.54 Å². The molecular formula is C6H6NS+. The van der Waals surface area contributed by atoms with Crippen molar-refractivity contribution in [1.82, 2.24) is 0 Å². The summed E-state index contributed by atoms with van der Waals surface area (Å²) >= 11 is 1.65. The molecular weight excluding hydrogens is 118 g/mol. The first-order valence-electron chi connectivity index (χ1n) is 2.28. The standard InChI is InChI=1S/C6H6NS/c1-2-3-7-4-5-8-6-7/h1,4-6H,3H2/q+1. The minimum Gasteiger partial charge on any atom is -0.184 e. The van der Waals surface area contributed by atoms with Gasteiger partial charge in [0, 0.05) is 0 Å². The third-order valence-electron chi connectivity index (χ3n) is 0.801. The Morgan fingerprint density at radius 1 is 1.75 bits per heavy atom. The van der Waals surface area contributed by atoms with Gasteiger partial charge in [-0.2, -0.15) is 4.57 Å². The topological polar surface area (TPSA) is 3.88 Å². The first-order valence-corrected chi connectivity index (χ1v) is 3.22. The van der Waals surface area contributed by atoms with Gasteiger partial charge in [0.2, 0.25) is 12.1 Å². The molecule has 1 nitrogen and oxygen atoms in total. The van der Waals surface area contributed by atoms with Crippen molar-refractivity contribution in [3.63, 3.8) is 0 Å². The first kappa shape index (κ1) is 5.33. The maximum atomic E-state index is 5.05. The van der Waals surface area contributed by atoms with E-state index in [9.17, 15) is 0 Å². The van der Waals surface area contributed by atoms with Crippen LogP contribution < -0.4 is 4.57 Å². The quantitative estimate of drug-likeness (QED) is 0.382. The summed E-state index contributed by atoms with van der Waals surface area (Å²) in [7, 11) is 0. The smallest absolute Gasteiger partial charge is 0.184 e. The van der Waals surface area contributed by atoms with Gasteiger partial charge in [0.15, 0.2) is 6.20 Å². The number of rotatable bonds is 1. The minimum absolute atomic E-state index is 0.684. The predicted octanol–water partition coefficient (Wildman–Crippen LogP) is 0.669. The van der Waals surface area contributed by atoms with Crippen LogP contribution in [0.1, 0.15) is 0 Å². The Morgan fingerprint density at radius 2 is 2.62 bits per heavy atom. The third kappa shape index (κ3) is 1.08. The van der Waals surface area contributed by atoms with Gasteiger partial charge in [-0.3, -0.25) is 0 Å². The summed E-state index contributed by atoms with van der Waals surface area (Å²) in [6.45, 7) is 0.684. The number of aromatic nitrogens is 1. The molecule has 0 amide bonds. The van der Waals surface area contributed by atoms with Crippen molar-refractivity contribution in [3.05, 3.63) is 17.1 Å². The molecule has 1 aromatic rings. The number of hydrogen-bond acceptors (Lipinski definition) is 1. The molecule has 40 valence electrons. The van der Waals surface area contributed by atoms with Crippen LogP contribution in [0.4, 0.5) is 0 Å². The Bertz CT molecular complexity index is 183. The van der Waals surface area contributed by atoms with Crippen molar-refractivity contribution in [2.24, 2.45) is 0 Å². The summed E-state index contributed by atoms with van der Waals surface area (Å²) in [4.78, 5) is 0. The third-order valence-corrected chi connectivity index (χ3v) is 1.47. The van der Waals surface area contributed by atoms with Crippen LogP contribution in [0.25, 0.3) is 0 Å². The second-order valence-electron chi connectivity index (χ2n) is 1.40. The van der Waals surface area contributed by atoms with E-state index >= 15 is 0 Å². The van der Waals surface area contributed by atoms with Gasteiger partial charge >= 0.3 is 0 Å². The zero-order valence-electron chi connectivity index (χ0n) is 4.37. The van der Waals surface area contributed by atoms with Crippen LogP contribution >= 0.6 is 11.3 Å². The molecule has 1 aromatic heterocycles. The predicted molar refractivity (Wildman–Crippen MR) is 33.3 cm³/mol. The largest absolute Gasteiger partial charge is 0.225 e. The van der Waals surface area contributed by atoms with Crippen LogP contribution in [-0.4, -0.2) is 0 Å². The molecule has 0 N–H and O–H groups in total. The average Bonchev–Trinajstić information content (AvgIpc) is 2.19. The molecule has 8 heavy (non-hydrogen) atoms. The highest BCUT2D eigenvalue weighted by atomic mass is 32.1. The molecule has 0 saturated heterocycles. The van der Waals surface area contributed by atoms with Crippen molar-refractivity contribution < 1.29 is 4.57 Å². The van der Waals surface area contributed by atoms with Gasteiger partial charge in [-0.05, 0) is 5.92 Å². The summed E-state index contributed by atoms with van der Waals surface area (Å²) < 4.78 is 1.96. The molecule has 0 radical (unpaired) electrons. The van der Waals surface area contributed by atoms with Crippen LogP contribution in [0.15, 0.2) is 17.1 Å². The molecule has 0 spiro atoms. The number of nitrogens with zero attached hydrogens (tertiary/aromatic N) is 1. The maximum absolute atomic E-state index is 5.05. The molecule has 1 rings (SSSR count). The SMILES string of the molecule is C#CC[n+]1ccsc1. The van der Waals surface area contributed by atoms with Gasteiger partial charge in [0.05, 0.1) is 5.38 Å². The van der Waals surface area contributed by atoms with E-state index in [1.807, 2.05) is 21.7 Å². The molecule has 1 heterocycles. The highest BCUT2D eigenvalue weighted by Gasteiger charge is 1.91. The van der Waals surface area contributed by atoms with Gasteiger partial charge in [0.1, 0.15) is 0 Å². The molecule has 0 fully saturated rings. The summed E-state index contributed by atoms with van der Waals surface area (Å²) in [5.74, 6) is 2.54. The molecule has 0 aliphatic carbocycles. The normalized spacial score (nSPS) is 8.38. The fraction of sp³-hybridized carbons (Fsp3) is 0.167. The Labute approximate surface area is 52.6 Å². The zero-order valence-corrected chi connectivity index (χ0v) is 5.19. The Hall–Kier alpha value is -0.810. The highest BCUT2D eigenvalue weighted by Crippen LogP contribution is 1.85. The van der Waals surface area contributed by atoms with Gasteiger partial charge in [-0.15, -0.1) is 6.42 Å². The van der Waals surface area contributed by atoms with Crippen molar-refractivity contribution >= 4 is 11.3 Å². The van der Waals surface area contributed by atoms with Crippen LogP contribution in [0.5, 0.6) is 0 Å². The van der Waals surface area contributed by atoms with Crippen molar-refractivity contribution in [3.8, 4) is 12.3 Å². The average molecular weight is 124 g/mol.